The second-order valence-corrected chi connectivity index (χ2v) is 4.26. The van der Waals surface area contributed by atoms with E-state index < -0.39 is 0 Å². The fourth-order valence-corrected chi connectivity index (χ4v) is 1.73. The van der Waals surface area contributed by atoms with Crippen LogP contribution in [-0.2, 0) is 11.2 Å². The third-order valence-corrected chi connectivity index (χ3v) is 2.76. The molecular formula is C17H16O2. The summed E-state index contributed by atoms with van der Waals surface area (Å²) in [6, 6.07) is 17.1. The summed E-state index contributed by atoms with van der Waals surface area (Å²) in [5, 5.41) is 0. The molecule has 0 radical (unpaired) electrons. The van der Waals surface area contributed by atoms with Crippen LogP contribution in [0.25, 0.3) is 6.08 Å². The number of benzene rings is 2. The molecule has 2 aromatic rings. The van der Waals surface area contributed by atoms with Gasteiger partial charge in [-0.1, -0.05) is 55.1 Å². The largest absolute Gasteiger partial charge is 0.486 e. The van der Waals surface area contributed by atoms with Gasteiger partial charge in [0.1, 0.15) is 12.4 Å². The smallest absolute Gasteiger partial charge is 0.174 e. The summed E-state index contributed by atoms with van der Waals surface area (Å²) in [7, 11) is 0. The molecule has 0 N–H and O–H groups in total. The van der Waals surface area contributed by atoms with E-state index in [1.807, 2.05) is 54.6 Å². The van der Waals surface area contributed by atoms with Crippen molar-refractivity contribution in [3.63, 3.8) is 0 Å². The van der Waals surface area contributed by atoms with Crippen molar-refractivity contribution in [3.8, 4) is 5.75 Å². The molecule has 0 heterocycles. The Labute approximate surface area is 113 Å². The molecule has 0 aliphatic heterocycles. The first kappa shape index (κ1) is 13.1. The second-order valence-electron chi connectivity index (χ2n) is 4.26. The van der Waals surface area contributed by atoms with E-state index in [1.54, 1.807) is 6.08 Å². The Kier molecular flexibility index (Phi) is 4.51. The van der Waals surface area contributed by atoms with E-state index in [0.717, 1.165) is 16.9 Å². The Hall–Kier alpha value is -2.35. The van der Waals surface area contributed by atoms with E-state index in [-0.39, 0.29) is 12.4 Å². The molecule has 0 saturated carbocycles. The molecule has 2 aromatic carbocycles. The summed E-state index contributed by atoms with van der Waals surface area (Å²) in [6.07, 6.45) is 2.17. The van der Waals surface area contributed by atoms with Gasteiger partial charge in [0.25, 0.3) is 0 Å². The second kappa shape index (κ2) is 6.55. The fraction of sp³-hybridized carbons (Fsp3) is 0.118. The van der Waals surface area contributed by atoms with Crippen molar-refractivity contribution >= 4 is 11.9 Å². The quantitative estimate of drug-likeness (QED) is 0.786. The number of carbonyl (C=O) groups is 1. The molecule has 0 unspecified atom stereocenters. The van der Waals surface area contributed by atoms with Gasteiger partial charge in [-0.3, -0.25) is 4.79 Å². The van der Waals surface area contributed by atoms with E-state index in [2.05, 4.69) is 6.58 Å². The predicted octanol–water partition coefficient (Wildman–Crippen LogP) is 3.52. The van der Waals surface area contributed by atoms with Crippen LogP contribution < -0.4 is 4.74 Å². The molecule has 2 heteroatoms. The monoisotopic (exact) mass is 252 g/mol. The van der Waals surface area contributed by atoms with Crippen molar-refractivity contribution in [2.45, 2.75) is 6.42 Å². The van der Waals surface area contributed by atoms with E-state index in [9.17, 15) is 4.79 Å². The van der Waals surface area contributed by atoms with Crippen molar-refractivity contribution in [1.82, 2.24) is 0 Å². The number of para-hydroxylation sites is 1. The van der Waals surface area contributed by atoms with Crippen molar-refractivity contribution < 1.29 is 9.53 Å². The lowest BCUT2D eigenvalue weighted by atomic mass is 10.1. The molecule has 0 fully saturated rings. The molecule has 0 aliphatic rings. The molecule has 0 spiro atoms. The summed E-state index contributed by atoms with van der Waals surface area (Å²) in [4.78, 5) is 11.8. The Morgan fingerprint density at radius 2 is 1.74 bits per heavy atom. The highest BCUT2D eigenvalue weighted by Gasteiger charge is 2.04. The van der Waals surface area contributed by atoms with Gasteiger partial charge < -0.3 is 4.74 Å². The summed E-state index contributed by atoms with van der Waals surface area (Å²) >= 11 is 0. The number of ketones is 1. The molecule has 0 bridgehead atoms. The van der Waals surface area contributed by atoms with E-state index in [1.165, 1.54) is 0 Å². The van der Waals surface area contributed by atoms with Crippen LogP contribution in [0.5, 0.6) is 5.75 Å². The standard InChI is InChI=1S/C17H16O2/c1-2-14-8-10-15(11-9-14)12-16(18)13-19-17-6-4-3-5-7-17/h2-11H,1,12-13H2. The van der Waals surface area contributed by atoms with Crippen LogP contribution >= 0.6 is 0 Å². The zero-order chi connectivity index (χ0) is 13.5. The summed E-state index contributed by atoms with van der Waals surface area (Å²) in [6.45, 7) is 3.80. The maximum atomic E-state index is 11.8. The number of carbonyl (C=O) groups excluding carboxylic acids is 1. The van der Waals surface area contributed by atoms with Crippen molar-refractivity contribution in [2.75, 3.05) is 6.61 Å². The molecule has 0 aliphatic carbocycles. The SMILES string of the molecule is C=Cc1ccc(CC(=O)COc2ccccc2)cc1. The minimum atomic E-state index is 0.0650. The minimum Gasteiger partial charge on any atom is -0.486 e. The number of hydrogen-bond acceptors (Lipinski definition) is 2. The molecule has 0 saturated heterocycles. The molecule has 2 nitrogen and oxygen atoms in total. The minimum absolute atomic E-state index is 0.0650. The Morgan fingerprint density at radius 1 is 1.05 bits per heavy atom. The van der Waals surface area contributed by atoms with Gasteiger partial charge >= 0.3 is 0 Å². The van der Waals surface area contributed by atoms with Gasteiger partial charge in [-0.2, -0.15) is 0 Å². The van der Waals surface area contributed by atoms with Crippen LogP contribution in [-0.4, -0.2) is 12.4 Å². The van der Waals surface area contributed by atoms with Crippen LogP contribution in [0.3, 0.4) is 0 Å². The average molecular weight is 252 g/mol. The lowest BCUT2D eigenvalue weighted by Crippen LogP contribution is -2.13. The molecule has 0 aromatic heterocycles. The van der Waals surface area contributed by atoms with Gasteiger partial charge in [0.05, 0.1) is 0 Å². The zero-order valence-electron chi connectivity index (χ0n) is 10.7. The number of hydrogen-bond donors (Lipinski definition) is 0. The molecule has 96 valence electrons. The first-order chi connectivity index (χ1) is 9.28. The Morgan fingerprint density at radius 3 is 2.37 bits per heavy atom. The van der Waals surface area contributed by atoms with Crippen LogP contribution in [0.1, 0.15) is 11.1 Å². The molecular weight excluding hydrogens is 236 g/mol. The first-order valence-electron chi connectivity index (χ1n) is 6.19. The van der Waals surface area contributed by atoms with Gasteiger partial charge in [-0.25, -0.2) is 0 Å². The third-order valence-electron chi connectivity index (χ3n) is 2.76. The lowest BCUT2D eigenvalue weighted by Gasteiger charge is -2.05. The topological polar surface area (TPSA) is 26.3 Å². The summed E-state index contributed by atoms with van der Waals surface area (Å²) < 4.78 is 5.42. The Balaban J connectivity index is 1.85. The van der Waals surface area contributed by atoms with Crippen molar-refractivity contribution in [1.29, 1.82) is 0 Å². The van der Waals surface area contributed by atoms with Crippen LogP contribution in [0, 0.1) is 0 Å². The molecule has 0 atom stereocenters. The molecule has 19 heavy (non-hydrogen) atoms. The summed E-state index contributed by atoms with van der Waals surface area (Å²) in [5.74, 6) is 0.785. The number of ether oxygens (including phenoxy) is 1. The Bertz CT molecular complexity index is 541. The maximum absolute atomic E-state index is 11.8. The van der Waals surface area contributed by atoms with Gasteiger partial charge in [-0.15, -0.1) is 0 Å². The highest BCUT2D eigenvalue weighted by Crippen LogP contribution is 2.09. The van der Waals surface area contributed by atoms with Crippen molar-refractivity contribution in [2.24, 2.45) is 0 Å². The molecule has 0 amide bonds. The van der Waals surface area contributed by atoms with E-state index in [4.69, 9.17) is 4.74 Å². The van der Waals surface area contributed by atoms with Crippen LogP contribution in [0.2, 0.25) is 0 Å². The molecule has 2 rings (SSSR count). The van der Waals surface area contributed by atoms with Gasteiger partial charge in [0.2, 0.25) is 0 Å². The summed E-state index contributed by atoms with van der Waals surface area (Å²) in [5.41, 5.74) is 2.05. The zero-order valence-corrected chi connectivity index (χ0v) is 10.7. The van der Waals surface area contributed by atoms with Crippen LogP contribution in [0.4, 0.5) is 0 Å². The predicted molar refractivity (Wildman–Crippen MR) is 77.2 cm³/mol. The van der Waals surface area contributed by atoms with Crippen molar-refractivity contribution in [3.05, 3.63) is 72.3 Å². The normalized spacial score (nSPS) is 9.89. The van der Waals surface area contributed by atoms with Crippen LogP contribution in [0.15, 0.2) is 61.2 Å². The van der Waals surface area contributed by atoms with E-state index >= 15 is 0 Å². The van der Waals surface area contributed by atoms with E-state index in [0.29, 0.717) is 6.42 Å². The van der Waals surface area contributed by atoms with Gasteiger partial charge in [0.15, 0.2) is 5.78 Å². The highest BCUT2D eigenvalue weighted by atomic mass is 16.5. The number of Topliss-reactive ketones (excluding diaryl/α,β-unsaturated/α-hetero) is 1. The van der Waals surface area contributed by atoms with Gasteiger partial charge in [0, 0.05) is 6.42 Å². The first-order valence-corrected chi connectivity index (χ1v) is 6.19. The lowest BCUT2D eigenvalue weighted by molar-refractivity contribution is -0.120. The highest BCUT2D eigenvalue weighted by molar-refractivity contribution is 5.82. The maximum Gasteiger partial charge on any atom is 0.174 e. The number of rotatable bonds is 6. The fourth-order valence-electron chi connectivity index (χ4n) is 1.73. The van der Waals surface area contributed by atoms with Gasteiger partial charge in [-0.05, 0) is 23.3 Å². The third kappa shape index (κ3) is 4.11. The average Bonchev–Trinajstić information content (AvgIpc) is 2.47.